The smallest absolute Gasteiger partial charge is 0.246 e. The topological polar surface area (TPSA) is 75.3 Å². The predicted octanol–water partition coefficient (Wildman–Crippen LogP) is 3.49. The fourth-order valence-corrected chi connectivity index (χ4v) is 7.57. The molecule has 9 heteroatoms. The number of nitrogens with one attached hydrogen (secondary N) is 2. The van der Waals surface area contributed by atoms with E-state index < -0.39 is 37.9 Å². The van der Waals surface area contributed by atoms with Crippen molar-refractivity contribution < 1.29 is 26.4 Å². The number of sulfonamides is 1. The summed E-state index contributed by atoms with van der Waals surface area (Å²) >= 11 is 0. The third-order valence-electron chi connectivity index (χ3n) is 6.80. The molecule has 0 spiro atoms. The first-order chi connectivity index (χ1) is 13.9. The first-order valence-corrected chi connectivity index (χ1v) is 11.9. The highest BCUT2D eigenvalue weighted by molar-refractivity contribution is 7.89. The third-order valence-corrected chi connectivity index (χ3v) is 8.55. The standard InChI is InChI=1S/C21H27F3N2O3S/c1-21(2,26-30(28,29)20-16(23)8-15(22)9-17(20)24)10-18(27)25-19-13-4-11-3-12(6-13)7-14(19)5-11/h8-9,11-14,19,26H,3-7,10H2,1-2H3,(H,25,27). The molecule has 4 saturated carbocycles. The molecule has 4 aliphatic carbocycles. The maximum Gasteiger partial charge on any atom is 0.246 e. The van der Waals surface area contributed by atoms with Crippen LogP contribution in [-0.2, 0) is 14.8 Å². The minimum Gasteiger partial charge on any atom is -0.353 e. The summed E-state index contributed by atoms with van der Waals surface area (Å²) in [5.41, 5.74) is -1.29. The Kier molecular flexibility index (Phi) is 5.41. The molecule has 4 aliphatic rings. The van der Waals surface area contributed by atoms with E-state index in [0.29, 0.717) is 24.0 Å². The molecular weight excluding hydrogens is 417 g/mol. The Hall–Kier alpha value is -1.61. The minimum absolute atomic E-state index is 0.115. The number of carbonyl (C=O) groups is 1. The number of halogens is 3. The highest BCUT2D eigenvalue weighted by atomic mass is 32.2. The maximum absolute atomic E-state index is 13.9. The van der Waals surface area contributed by atoms with Crippen LogP contribution in [0.25, 0.3) is 0 Å². The predicted molar refractivity (Wildman–Crippen MR) is 104 cm³/mol. The number of hydrogen-bond donors (Lipinski definition) is 2. The zero-order chi connectivity index (χ0) is 21.8. The van der Waals surface area contributed by atoms with Crippen molar-refractivity contribution in [2.75, 3.05) is 0 Å². The molecule has 1 amide bonds. The number of benzene rings is 1. The quantitative estimate of drug-likeness (QED) is 0.705. The molecule has 30 heavy (non-hydrogen) atoms. The fourth-order valence-electron chi connectivity index (χ4n) is 6.04. The van der Waals surface area contributed by atoms with E-state index in [1.807, 2.05) is 0 Å². The molecule has 1 aromatic carbocycles. The number of hydrogen-bond acceptors (Lipinski definition) is 3. The van der Waals surface area contributed by atoms with Gasteiger partial charge in [-0.25, -0.2) is 26.3 Å². The van der Waals surface area contributed by atoms with E-state index in [9.17, 15) is 26.4 Å². The van der Waals surface area contributed by atoms with E-state index in [0.717, 1.165) is 37.5 Å². The molecule has 0 aliphatic heterocycles. The summed E-state index contributed by atoms with van der Waals surface area (Å²) in [6, 6.07) is 0.734. The monoisotopic (exact) mass is 444 g/mol. The molecule has 0 unspecified atom stereocenters. The molecular formula is C21H27F3N2O3S. The lowest BCUT2D eigenvalue weighted by molar-refractivity contribution is -0.126. The number of amides is 1. The molecule has 0 saturated heterocycles. The van der Waals surface area contributed by atoms with Gasteiger partial charge in [0.25, 0.3) is 0 Å². The molecule has 4 fully saturated rings. The summed E-state index contributed by atoms with van der Waals surface area (Å²) in [6.45, 7) is 2.95. The van der Waals surface area contributed by atoms with Crippen LogP contribution >= 0.6 is 0 Å². The molecule has 4 bridgehead atoms. The van der Waals surface area contributed by atoms with Gasteiger partial charge in [-0.3, -0.25) is 4.79 Å². The van der Waals surface area contributed by atoms with Gasteiger partial charge in [0.2, 0.25) is 15.9 Å². The van der Waals surface area contributed by atoms with Gasteiger partial charge in [-0.05, 0) is 69.6 Å². The van der Waals surface area contributed by atoms with E-state index in [-0.39, 0.29) is 18.4 Å². The van der Waals surface area contributed by atoms with Crippen LogP contribution in [0, 0.1) is 41.1 Å². The van der Waals surface area contributed by atoms with E-state index in [4.69, 9.17) is 0 Å². The van der Waals surface area contributed by atoms with Crippen molar-refractivity contribution in [1.82, 2.24) is 10.0 Å². The lowest BCUT2D eigenvalue weighted by Crippen LogP contribution is -2.57. The average Bonchev–Trinajstić information content (AvgIpc) is 2.54. The van der Waals surface area contributed by atoms with Crippen molar-refractivity contribution in [3.63, 3.8) is 0 Å². The van der Waals surface area contributed by atoms with Gasteiger partial charge >= 0.3 is 0 Å². The Bertz CT molecular complexity index is 913. The highest BCUT2D eigenvalue weighted by Crippen LogP contribution is 2.53. The van der Waals surface area contributed by atoms with E-state index >= 15 is 0 Å². The van der Waals surface area contributed by atoms with Gasteiger partial charge in [-0.1, -0.05) is 0 Å². The molecule has 2 N–H and O–H groups in total. The van der Waals surface area contributed by atoms with Gasteiger partial charge in [-0.15, -0.1) is 0 Å². The second-order valence-electron chi connectivity index (χ2n) is 9.89. The molecule has 0 radical (unpaired) electrons. The Morgan fingerprint density at radius 3 is 2.00 bits per heavy atom. The third kappa shape index (κ3) is 4.23. The second-order valence-corrected chi connectivity index (χ2v) is 11.5. The first-order valence-electron chi connectivity index (χ1n) is 10.4. The summed E-state index contributed by atoms with van der Waals surface area (Å²) in [5.74, 6) is -2.05. The van der Waals surface area contributed by atoms with Crippen molar-refractivity contribution in [1.29, 1.82) is 0 Å². The van der Waals surface area contributed by atoms with Gasteiger partial charge in [0.1, 0.15) is 17.5 Å². The molecule has 0 atom stereocenters. The van der Waals surface area contributed by atoms with Crippen LogP contribution in [0.1, 0.15) is 52.4 Å². The van der Waals surface area contributed by atoms with E-state index in [2.05, 4.69) is 10.0 Å². The van der Waals surface area contributed by atoms with Gasteiger partial charge in [0.15, 0.2) is 4.90 Å². The molecule has 166 valence electrons. The van der Waals surface area contributed by atoms with Crippen LogP contribution < -0.4 is 10.0 Å². The van der Waals surface area contributed by atoms with E-state index in [1.54, 1.807) is 0 Å². The first kappa shape index (κ1) is 21.6. The fraction of sp³-hybridized carbons (Fsp3) is 0.667. The van der Waals surface area contributed by atoms with Gasteiger partial charge < -0.3 is 5.32 Å². The summed E-state index contributed by atoms with van der Waals surface area (Å²) in [4.78, 5) is 11.5. The summed E-state index contributed by atoms with van der Waals surface area (Å²) in [5, 5.41) is 3.10. The SMILES string of the molecule is CC(C)(CC(=O)NC1C2CC3CC(C2)CC1C3)NS(=O)(=O)c1c(F)cc(F)cc1F. The summed E-state index contributed by atoms with van der Waals surface area (Å²) < 4.78 is 68.2. The van der Waals surface area contributed by atoms with Gasteiger partial charge in [0, 0.05) is 30.1 Å². The van der Waals surface area contributed by atoms with E-state index in [1.165, 1.54) is 20.3 Å². The number of carbonyl (C=O) groups excluding carboxylic acids is 1. The van der Waals surface area contributed by atoms with Crippen LogP contribution in [0.15, 0.2) is 17.0 Å². The van der Waals surface area contributed by atoms with Gasteiger partial charge in [0.05, 0.1) is 0 Å². The summed E-state index contributed by atoms with van der Waals surface area (Å²) in [7, 11) is -4.64. The van der Waals surface area contributed by atoms with Crippen molar-refractivity contribution in [3.8, 4) is 0 Å². The van der Waals surface area contributed by atoms with Crippen molar-refractivity contribution in [2.24, 2.45) is 23.7 Å². The van der Waals surface area contributed by atoms with Crippen LogP contribution in [-0.4, -0.2) is 25.9 Å². The minimum atomic E-state index is -4.64. The lowest BCUT2D eigenvalue weighted by Gasteiger charge is -2.54. The Morgan fingerprint density at radius 2 is 1.50 bits per heavy atom. The van der Waals surface area contributed by atoms with Crippen molar-refractivity contribution in [3.05, 3.63) is 29.6 Å². The largest absolute Gasteiger partial charge is 0.353 e. The van der Waals surface area contributed by atoms with Crippen molar-refractivity contribution >= 4 is 15.9 Å². The van der Waals surface area contributed by atoms with Crippen LogP contribution in [0.5, 0.6) is 0 Å². The highest BCUT2D eigenvalue weighted by Gasteiger charge is 2.48. The van der Waals surface area contributed by atoms with Crippen LogP contribution in [0.2, 0.25) is 0 Å². The molecule has 0 aromatic heterocycles. The normalized spacial score (nSPS) is 30.5. The average molecular weight is 445 g/mol. The van der Waals surface area contributed by atoms with Crippen LogP contribution in [0.3, 0.4) is 0 Å². The Balaban J connectivity index is 1.42. The molecule has 5 nitrogen and oxygen atoms in total. The van der Waals surface area contributed by atoms with Crippen LogP contribution in [0.4, 0.5) is 13.2 Å². The molecule has 1 aromatic rings. The van der Waals surface area contributed by atoms with Crippen molar-refractivity contribution in [2.45, 2.75) is 68.8 Å². The zero-order valence-electron chi connectivity index (χ0n) is 17.1. The number of rotatable bonds is 6. The zero-order valence-corrected chi connectivity index (χ0v) is 17.9. The molecule has 0 heterocycles. The summed E-state index contributed by atoms with van der Waals surface area (Å²) in [6.07, 6.45) is 5.67. The second kappa shape index (κ2) is 7.51. The van der Waals surface area contributed by atoms with Gasteiger partial charge in [-0.2, -0.15) is 0 Å². The lowest BCUT2D eigenvalue weighted by atomic mass is 9.54. The maximum atomic E-state index is 13.9. The Morgan fingerprint density at radius 1 is 1.00 bits per heavy atom. The Labute approximate surface area is 174 Å². The molecule has 5 rings (SSSR count).